The lowest BCUT2D eigenvalue weighted by molar-refractivity contribution is -0.116. The summed E-state index contributed by atoms with van der Waals surface area (Å²) in [6.45, 7) is 1.86. The van der Waals surface area contributed by atoms with Crippen LogP contribution in [0.2, 0.25) is 5.15 Å². The molecule has 3 aromatic rings. The van der Waals surface area contributed by atoms with Crippen molar-refractivity contribution in [3.05, 3.63) is 46.2 Å². The van der Waals surface area contributed by atoms with E-state index in [0.29, 0.717) is 11.6 Å². The van der Waals surface area contributed by atoms with Crippen molar-refractivity contribution in [2.75, 3.05) is 19.5 Å². The van der Waals surface area contributed by atoms with Crippen molar-refractivity contribution in [2.45, 2.75) is 19.3 Å². The third kappa shape index (κ3) is 3.23. The third-order valence-corrected chi connectivity index (χ3v) is 5.04. The number of hydrogen-bond donors (Lipinski definition) is 2. The number of benzene rings is 1. The predicted octanol–water partition coefficient (Wildman–Crippen LogP) is 2.82. The Balaban J connectivity index is 1.88. The maximum absolute atomic E-state index is 12.5. The van der Waals surface area contributed by atoms with Gasteiger partial charge >= 0.3 is 0 Å². The summed E-state index contributed by atoms with van der Waals surface area (Å²) in [5, 5.41) is 25.8. The summed E-state index contributed by atoms with van der Waals surface area (Å²) in [5.74, 6) is 0.906. The van der Waals surface area contributed by atoms with Gasteiger partial charge in [-0.3, -0.25) is 4.79 Å². The van der Waals surface area contributed by atoms with Gasteiger partial charge in [-0.2, -0.15) is 9.78 Å². The molecule has 0 aliphatic carbocycles. The molecule has 1 atom stereocenters. The number of halogens is 1. The standard InChI is InChI=1S/C19H18ClN5O4/c1-9-17-11(10-6-12(28-2)18(27)13(7-10)29-3)8-16(26)21-19(17)25(24-9)15-5-4-14(20)22-23-15/h4-7,11,27H,8H2,1-3H3,(H,21,26)/t11-/m0/s1. The van der Waals surface area contributed by atoms with Gasteiger partial charge in [-0.15, -0.1) is 10.2 Å². The average Bonchev–Trinajstić information content (AvgIpc) is 3.04. The topological polar surface area (TPSA) is 111 Å². The fraction of sp³-hybridized carbons (Fsp3) is 0.263. The van der Waals surface area contributed by atoms with Crippen LogP contribution in [0, 0.1) is 6.92 Å². The summed E-state index contributed by atoms with van der Waals surface area (Å²) >= 11 is 5.83. The number of aromatic nitrogens is 4. The van der Waals surface area contributed by atoms with E-state index in [4.69, 9.17) is 21.1 Å². The maximum Gasteiger partial charge on any atom is 0.226 e. The second-order valence-electron chi connectivity index (χ2n) is 6.55. The molecule has 150 valence electrons. The summed E-state index contributed by atoms with van der Waals surface area (Å²) in [5.41, 5.74) is 2.33. The van der Waals surface area contributed by atoms with Gasteiger partial charge in [-0.1, -0.05) is 11.6 Å². The lowest BCUT2D eigenvalue weighted by Gasteiger charge is -2.25. The van der Waals surface area contributed by atoms with E-state index in [9.17, 15) is 9.90 Å². The number of fused-ring (bicyclic) bond motifs is 1. The monoisotopic (exact) mass is 415 g/mol. The van der Waals surface area contributed by atoms with E-state index in [2.05, 4.69) is 20.6 Å². The van der Waals surface area contributed by atoms with E-state index in [0.717, 1.165) is 16.8 Å². The quantitative estimate of drug-likeness (QED) is 0.673. The molecule has 1 aliphatic heterocycles. The molecule has 0 saturated heterocycles. The molecule has 0 unspecified atom stereocenters. The van der Waals surface area contributed by atoms with Crippen molar-refractivity contribution in [2.24, 2.45) is 0 Å². The Hall–Kier alpha value is -3.33. The SMILES string of the molecule is COc1cc([C@@H]2CC(=O)Nc3c2c(C)nn3-c2ccc(Cl)nn2)cc(OC)c1O. The predicted molar refractivity (Wildman–Crippen MR) is 105 cm³/mol. The molecule has 3 heterocycles. The number of carbonyl (C=O) groups is 1. The number of amides is 1. The summed E-state index contributed by atoms with van der Waals surface area (Å²) in [6, 6.07) is 6.67. The molecule has 1 amide bonds. The highest BCUT2D eigenvalue weighted by Crippen LogP contribution is 2.45. The zero-order valence-electron chi connectivity index (χ0n) is 15.9. The molecular weight excluding hydrogens is 398 g/mol. The van der Waals surface area contributed by atoms with Crippen molar-refractivity contribution >= 4 is 23.3 Å². The molecule has 0 spiro atoms. The molecule has 1 aromatic carbocycles. The molecule has 0 fully saturated rings. The van der Waals surface area contributed by atoms with Crippen molar-refractivity contribution in [1.29, 1.82) is 0 Å². The Morgan fingerprint density at radius 2 is 1.90 bits per heavy atom. The van der Waals surface area contributed by atoms with E-state index in [1.807, 2.05) is 6.92 Å². The van der Waals surface area contributed by atoms with Crippen molar-refractivity contribution < 1.29 is 19.4 Å². The smallest absolute Gasteiger partial charge is 0.226 e. The fourth-order valence-electron chi connectivity index (χ4n) is 3.53. The molecule has 2 N–H and O–H groups in total. The number of nitrogens with zero attached hydrogens (tertiary/aromatic N) is 4. The van der Waals surface area contributed by atoms with Gasteiger partial charge < -0.3 is 19.9 Å². The minimum atomic E-state index is -0.309. The molecular formula is C19H18ClN5O4. The minimum absolute atomic E-state index is 0.0944. The number of aryl methyl sites for hydroxylation is 1. The van der Waals surface area contributed by atoms with Crippen LogP contribution in [0.3, 0.4) is 0 Å². The van der Waals surface area contributed by atoms with Gasteiger partial charge in [0.25, 0.3) is 0 Å². The van der Waals surface area contributed by atoms with Crippen LogP contribution < -0.4 is 14.8 Å². The van der Waals surface area contributed by atoms with Crippen LogP contribution >= 0.6 is 11.6 Å². The average molecular weight is 416 g/mol. The summed E-state index contributed by atoms with van der Waals surface area (Å²) in [6.07, 6.45) is 0.211. The summed E-state index contributed by atoms with van der Waals surface area (Å²) < 4.78 is 12.1. The van der Waals surface area contributed by atoms with Crippen molar-refractivity contribution in [3.8, 4) is 23.1 Å². The number of ether oxygens (including phenoxy) is 2. The highest BCUT2D eigenvalue weighted by molar-refractivity contribution is 6.29. The van der Waals surface area contributed by atoms with E-state index in [1.54, 1.807) is 24.3 Å². The van der Waals surface area contributed by atoms with Gasteiger partial charge in [0.15, 0.2) is 22.5 Å². The normalized spacial score (nSPS) is 15.6. The first-order valence-electron chi connectivity index (χ1n) is 8.76. The van der Waals surface area contributed by atoms with Crippen LogP contribution in [0.15, 0.2) is 24.3 Å². The largest absolute Gasteiger partial charge is 0.502 e. The molecule has 1 aliphatic rings. The van der Waals surface area contributed by atoms with E-state index >= 15 is 0 Å². The zero-order chi connectivity index (χ0) is 20.7. The van der Waals surface area contributed by atoms with Crippen molar-refractivity contribution in [1.82, 2.24) is 20.0 Å². The highest BCUT2D eigenvalue weighted by Gasteiger charge is 2.34. The van der Waals surface area contributed by atoms with E-state index in [1.165, 1.54) is 18.9 Å². The lowest BCUT2D eigenvalue weighted by Crippen LogP contribution is -2.25. The second-order valence-corrected chi connectivity index (χ2v) is 6.94. The summed E-state index contributed by atoms with van der Waals surface area (Å²) in [4.78, 5) is 12.5. The number of nitrogens with one attached hydrogen (secondary N) is 1. The molecule has 10 heteroatoms. The maximum atomic E-state index is 12.5. The number of methoxy groups -OCH3 is 2. The molecule has 9 nitrogen and oxygen atoms in total. The number of rotatable bonds is 4. The van der Waals surface area contributed by atoms with Crippen LogP contribution in [-0.4, -0.2) is 45.2 Å². The number of phenolic OH excluding ortho intramolecular Hbond substituents is 1. The van der Waals surface area contributed by atoms with Crippen molar-refractivity contribution in [3.63, 3.8) is 0 Å². The van der Waals surface area contributed by atoms with Gasteiger partial charge in [-0.05, 0) is 36.8 Å². The van der Waals surface area contributed by atoms with Crippen LogP contribution in [0.5, 0.6) is 17.2 Å². The molecule has 4 rings (SSSR count). The molecule has 0 saturated carbocycles. The first-order chi connectivity index (χ1) is 13.9. The Kier molecular flexibility index (Phi) is 4.75. The fourth-order valence-corrected chi connectivity index (χ4v) is 3.64. The Bertz CT molecular complexity index is 1070. The molecule has 0 radical (unpaired) electrons. The molecule has 29 heavy (non-hydrogen) atoms. The summed E-state index contributed by atoms with van der Waals surface area (Å²) in [7, 11) is 2.92. The Labute approximate surface area is 171 Å². The number of phenols is 1. The first-order valence-corrected chi connectivity index (χ1v) is 9.14. The second kappa shape index (κ2) is 7.25. The van der Waals surface area contributed by atoms with Gasteiger partial charge in [0.05, 0.1) is 19.9 Å². The number of anilines is 1. The number of hydrogen-bond acceptors (Lipinski definition) is 7. The van der Waals surface area contributed by atoms with Crippen LogP contribution in [0.25, 0.3) is 5.82 Å². The first kappa shape index (κ1) is 19.0. The molecule has 0 bridgehead atoms. The van der Waals surface area contributed by atoms with Gasteiger partial charge in [0, 0.05) is 17.9 Å². The third-order valence-electron chi connectivity index (χ3n) is 4.84. The number of aromatic hydroxyl groups is 1. The Morgan fingerprint density at radius 1 is 1.21 bits per heavy atom. The highest BCUT2D eigenvalue weighted by atomic mass is 35.5. The molecule has 2 aromatic heterocycles. The van der Waals surface area contributed by atoms with E-state index < -0.39 is 0 Å². The Morgan fingerprint density at radius 3 is 2.48 bits per heavy atom. The lowest BCUT2D eigenvalue weighted by atomic mass is 9.85. The van der Waals surface area contributed by atoms with Crippen LogP contribution in [0.4, 0.5) is 5.82 Å². The zero-order valence-corrected chi connectivity index (χ0v) is 16.7. The van der Waals surface area contributed by atoms with Crippen LogP contribution in [-0.2, 0) is 4.79 Å². The van der Waals surface area contributed by atoms with Gasteiger partial charge in [-0.25, -0.2) is 0 Å². The van der Waals surface area contributed by atoms with Gasteiger partial charge in [0.1, 0.15) is 5.82 Å². The minimum Gasteiger partial charge on any atom is -0.502 e. The van der Waals surface area contributed by atoms with Crippen LogP contribution in [0.1, 0.15) is 29.2 Å². The van der Waals surface area contributed by atoms with E-state index in [-0.39, 0.29) is 40.6 Å². The van der Waals surface area contributed by atoms with Gasteiger partial charge in [0.2, 0.25) is 11.7 Å². The number of carbonyl (C=O) groups excluding carboxylic acids is 1.